The molecule has 0 spiro atoms. The smallest absolute Gasteiger partial charge is 0.330 e. The Kier molecular flexibility index (Phi) is 7.65. The molecule has 1 rings (SSSR count). The molecule has 0 aliphatic carbocycles. The summed E-state index contributed by atoms with van der Waals surface area (Å²) in [7, 11) is 3.17. The van der Waals surface area contributed by atoms with Gasteiger partial charge in [0.25, 0.3) is 0 Å². The largest absolute Gasteiger partial charge is 0.497 e. The zero-order chi connectivity index (χ0) is 14.8. The molecule has 0 fully saturated rings. The van der Waals surface area contributed by atoms with Gasteiger partial charge in [0, 0.05) is 17.9 Å². The summed E-state index contributed by atoms with van der Waals surface area (Å²) in [5, 5.41) is 0. The zero-order valence-electron chi connectivity index (χ0n) is 12.0. The predicted molar refractivity (Wildman–Crippen MR) is 82.5 cm³/mol. The van der Waals surface area contributed by atoms with E-state index >= 15 is 0 Å². The molecule has 0 aliphatic rings. The molecule has 0 atom stereocenters. The average molecular weight is 296 g/mol. The third-order valence-electron chi connectivity index (χ3n) is 2.46. The third-order valence-corrected chi connectivity index (χ3v) is 3.33. The van der Waals surface area contributed by atoms with Crippen LogP contribution in [0.3, 0.4) is 0 Å². The van der Waals surface area contributed by atoms with Gasteiger partial charge < -0.3 is 14.2 Å². The van der Waals surface area contributed by atoms with Crippen LogP contribution in [0.5, 0.6) is 11.5 Å². The van der Waals surface area contributed by atoms with Gasteiger partial charge in [0.1, 0.15) is 18.1 Å². The average Bonchev–Trinajstić information content (AvgIpc) is 2.49. The van der Waals surface area contributed by atoms with Crippen molar-refractivity contribution in [1.82, 2.24) is 0 Å². The quantitative estimate of drug-likeness (QED) is 0.419. The van der Waals surface area contributed by atoms with E-state index in [0.717, 1.165) is 17.1 Å². The summed E-state index contributed by atoms with van der Waals surface area (Å²) >= 11 is 1.74. The molecule has 0 aliphatic heterocycles. The lowest BCUT2D eigenvalue weighted by molar-refractivity contribution is -0.137. The molecule has 0 unspecified atom stereocenters. The summed E-state index contributed by atoms with van der Waals surface area (Å²) in [5.41, 5.74) is 0.820. The highest BCUT2D eigenvalue weighted by atomic mass is 32.2. The van der Waals surface area contributed by atoms with Crippen molar-refractivity contribution in [2.45, 2.75) is 6.92 Å². The lowest BCUT2D eigenvalue weighted by atomic mass is 10.2. The third kappa shape index (κ3) is 6.02. The molecule has 0 heterocycles. The molecule has 4 nitrogen and oxygen atoms in total. The number of ether oxygens (including phenoxy) is 3. The Morgan fingerprint density at radius 2 is 1.85 bits per heavy atom. The molecule has 0 aromatic heterocycles. The van der Waals surface area contributed by atoms with Crippen molar-refractivity contribution >= 4 is 23.8 Å². The number of methoxy groups -OCH3 is 2. The van der Waals surface area contributed by atoms with Crippen molar-refractivity contribution < 1.29 is 19.0 Å². The predicted octanol–water partition coefficient (Wildman–Crippen LogP) is 3.01. The molecular formula is C15H20O4S. The summed E-state index contributed by atoms with van der Waals surface area (Å²) < 4.78 is 15.4. The number of carbonyl (C=O) groups is 1. The first-order chi connectivity index (χ1) is 9.69. The molecule has 0 saturated heterocycles. The summed E-state index contributed by atoms with van der Waals surface area (Å²) in [6.07, 6.45) is 3.09. The van der Waals surface area contributed by atoms with Gasteiger partial charge in [-0.25, -0.2) is 4.79 Å². The Balaban J connectivity index is 2.58. The highest BCUT2D eigenvalue weighted by Crippen LogP contribution is 2.23. The monoisotopic (exact) mass is 296 g/mol. The van der Waals surface area contributed by atoms with Gasteiger partial charge in [-0.2, -0.15) is 11.8 Å². The summed E-state index contributed by atoms with van der Waals surface area (Å²) in [4.78, 5) is 11.5. The van der Waals surface area contributed by atoms with E-state index in [1.807, 2.05) is 12.1 Å². The molecule has 5 heteroatoms. The molecule has 110 valence electrons. The highest BCUT2D eigenvalue weighted by molar-refractivity contribution is 7.99. The second-order valence-corrected chi connectivity index (χ2v) is 5.24. The van der Waals surface area contributed by atoms with Crippen LogP contribution in [-0.2, 0) is 9.53 Å². The van der Waals surface area contributed by atoms with Crippen molar-refractivity contribution in [2.24, 2.45) is 0 Å². The molecule has 0 radical (unpaired) electrons. The number of rotatable bonds is 8. The maximum absolute atomic E-state index is 11.5. The lowest BCUT2D eigenvalue weighted by Gasteiger charge is -2.05. The summed E-state index contributed by atoms with van der Waals surface area (Å²) in [6, 6.07) is 5.41. The second-order valence-electron chi connectivity index (χ2n) is 3.84. The van der Waals surface area contributed by atoms with Crippen LogP contribution in [0.15, 0.2) is 24.3 Å². The van der Waals surface area contributed by atoms with E-state index in [9.17, 15) is 4.79 Å². The fraction of sp³-hybridized carbons (Fsp3) is 0.400. The van der Waals surface area contributed by atoms with E-state index < -0.39 is 0 Å². The SMILES string of the molecule is CCSCCOC(=O)/C=C/c1cc(OC)cc(OC)c1. The Labute approximate surface area is 124 Å². The van der Waals surface area contributed by atoms with Crippen LogP contribution in [0, 0.1) is 0 Å². The van der Waals surface area contributed by atoms with Gasteiger partial charge >= 0.3 is 5.97 Å². The van der Waals surface area contributed by atoms with Crippen LogP contribution >= 0.6 is 11.8 Å². The van der Waals surface area contributed by atoms with Crippen LogP contribution < -0.4 is 9.47 Å². The second kappa shape index (κ2) is 9.31. The van der Waals surface area contributed by atoms with E-state index in [-0.39, 0.29) is 5.97 Å². The van der Waals surface area contributed by atoms with E-state index in [1.54, 1.807) is 38.1 Å². The van der Waals surface area contributed by atoms with Gasteiger partial charge in [-0.3, -0.25) is 0 Å². The van der Waals surface area contributed by atoms with Gasteiger partial charge in [0.15, 0.2) is 0 Å². The topological polar surface area (TPSA) is 44.8 Å². The van der Waals surface area contributed by atoms with Crippen LogP contribution in [-0.4, -0.2) is 38.3 Å². The Hall–Kier alpha value is -1.62. The van der Waals surface area contributed by atoms with E-state index in [2.05, 4.69) is 6.92 Å². The molecule has 0 N–H and O–H groups in total. The summed E-state index contributed by atoms with van der Waals surface area (Å²) in [6.45, 7) is 2.51. The Morgan fingerprint density at radius 3 is 2.40 bits per heavy atom. The van der Waals surface area contributed by atoms with E-state index in [0.29, 0.717) is 18.1 Å². The van der Waals surface area contributed by atoms with Crippen LogP contribution in [0.2, 0.25) is 0 Å². The van der Waals surface area contributed by atoms with Crippen LogP contribution in [0.1, 0.15) is 12.5 Å². The van der Waals surface area contributed by atoms with Crippen molar-refractivity contribution in [3.63, 3.8) is 0 Å². The first-order valence-corrected chi connectivity index (χ1v) is 7.50. The number of thioether (sulfide) groups is 1. The number of esters is 1. The van der Waals surface area contributed by atoms with Crippen molar-refractivity contribution in [3.8, 4) is 11.5 Å². The van der Waals surface area contributed by atoms with Crippen LogP contribution in [0.25, 0.3) is 6.08 Å². The molecule has 0 saturated carbocycles. The molecule has 20 heavy (non-hydrogen) atoms. The van der Waals surface area contributed by atoms with Gasteiger partial charge in [0.2, 0.25) is 0 Å². The van der Waals surface area contributed by atoms with Crippen LogP contribution in [0.4, 0.5) is 0 Å². The van der Waals surface area contributed by atoms with Crippen molar-refractivity contribution in [3.05, 3.63) is 29.8 Å². The van der Waals surface area contributed by atoms with E-state index in [1.165, 1.54) is 6.08 Å². The highest BCUT2D eigenvalue weighted by Gasteiger charge is 2.01. The van der Waals surface area contributed by atoms with E-state index in [4.69, 9.17) is 14.2 Å². The first kappa shape index (κ1) is 16.4. The molecule has 1 aromatic carbocycles. The minimum absolute atomic E-state index is 0.344. The number of hydrogen-bond donors (Lipinski definition) is 0. The minimum Gasteiger partial charge on any atom is -0.497 e. The Bertz CT molecular complexity index is 435. The number of carbonyl (C=O) groups excluding carboxylic acids is 1. The molecule has 0 amide bonds. The zero-order valence-corrected chi connectivity index (χ0v) is 12.9. The van der Waals surface area contributed by atoms with Gasteiger partial charge in [0.05, 0.1) is 14.2 Å². The summed E-state index contributed by atoms with van der Waals surface area (Å²) in [5.74, 6) is 2.86. The molecule has 1 aromatic rings. The fourth-order valence-electron chi connectivity index (χ4n) is 1.48. The first-order valence-electron chi connectivity index (χ1n) is 6.35. The normalized spacial score (nSPS) is 10.6. The number of hydrogen-bond acceptors (Lipinski definition) is 5. The van der Waals surface area contributed by atoms with Gasteiger partial charge in [-0.05, 0) is 29.5 Å². The van der Waals surface area contributed by atoms with Crippen molar-refractivity contribution in [2.75, 3.05) is 32.3 Å². The maximum Gasteiger partial charge on any atom is 0.330 e. The fourth-order valence-corrected chi connectivity index (χ4v) is 1.97. The van der Waals surface area contributed by atoms with Gasteiger partial charge in [-0.1, -0.05) is 6.92 Å². The molecule has 0 bridgehead atoms. The Morgan fingerprint density at radius 1 is 1.20 bits per heavy atom. The maximum atomic E-state index is 11.5. The van der Waals surface area contributed by atoms with Gasteiger partial charge in [-0.15, -0.1) is 0 Å². The number of benzene rings is 1. The van der Waals surface area contributed by atoms with Crippen molar-refractivity contribution in [1.29, 1.82) is 0 Å². The standard InChI is InChI=1S/C15H20O4S/c1-4-20-8-7-19-15(16)6-5-12-9-13(17-2)11-14(10-12)18-3/h5-6,9-11H,4,7-8H2,1-3H3/b6-5+. The lowest BCUT2D eigenvalue weighted by Crippen LogP contribution is -2.04. The molecular weight excluding hydrogens is 276 g/mol. The minimum atomic E-state index is -0.344.